The summed E-state index contributed by atoms with van der Waals surface area (Å²) in [6.45, 7) is 16.1. The summed E-state index contributed by atoms with van der Waals surface area (Å²) in [7, 11) is 1.61. The number of hydrazone groups is 1. The van der Waals surface area contributed by atoms with E-state index in [1.807, 2.05) is 20.8 Å². The Morgan fingerprint density at radius 3 is 1.93 bits per heavy atom. The lowest BCUT2D eigenvalue weighted by molar-refractivity contribution is -0.295. The molecule has 1 atom stereocenters. The molecule has 168 valence electrons. The SMILES string of the molecule is CC.CCCC.CCCCN(C)C(=S)N1N=C(C(C)(C)C)CC1(O)C(F)(F)F. The molecule has 1 aliphatic heterocycles. The maximum Gasteiger partial charge on any atom is 0.438 e. The van der Waals surface area contributed by atoms with Gasteiger partial charge in [-0.1, -0.05) is 74.7 Å². The normalized spacial score (nSPS) is 19.2. The second-order valence-electron chi connectivity index (χ2n) is 7.66. The first-order valence-corrected chi connectivity index (χ1v) is 10.6. The molecule has 0 amide bonds. The highest BCUT2D eigenvalue weighted by Crippen LogP contribution is 2.43. The highest BCUT2D eigenvalue weighted by molar-refractivity contribution is 7.80. The van der Waals surface area contributed by atoms with Crippen LogP contribution in [0.1, 0.15) is 87.5 Å². The third-order valence-electron chi connectivity index (χ3n) is 4.16. The number of nitrogens with zero attached hydrogens (tertiary/aromatic N) is 3. The average molecular weight is 428 g/mol. The van der Waals surface area contributed by atoms with Gasteiger partial charge in [-0.05, 0) is 18.6 Å². The number of halogens is 3. The Labute approximate surface area is 175 Å². The molecule has 1 rings (SSSR count). The van der Waals surface area contributed by atoms with E-state index >= 15 is 0 Å². The van der Waals surface area contributed by atoms with Crippen molar-refractivity contribution in [2.75, 3.05) is 13.6 Å². The Bertz CT molecular complexity index is 488. The highest BCUT2D eigenvalue weighted by Gasteiger charge is 2.63. The van der Waals surface area contributed by atoms with Crippen LogP contribution in [0.2, 0.25) is 0 Å². The highest BCUT2D eigenvalue weighted by atomic mass is 32.1. The van der Waals surface area contributed by atoms with Crippen molar-refractivity contribution >= 4 is 23.0 Å². The fourth-order valence-corrected chi connectivity index (χ4v) is 2.32. The molecule has 0 fully saturated rings. The minimum absolute atomic E-state index is 0.118. The summed E-state index contributed by atoms with van der Waals surface area (Å²) in [6.07, 6.45) is -1.11. The third-order valence-corrected chi connectivity index (χ3v) is 4.64. The molecule has 0 saturated heterocycles. The molecule has 1 N–H and O–H groups in total. The van der Waals surface area contributed by atoms with E-state index in [2.05, 4.69) is 18.9 Å². The molecule has 4 nitrogen and oxygen atoms in total. The lowest BCUT2D eigenvalue weighted by Gasteiger charge is -2.36. The third kappa shape index (κ3) is 8.23. The van der Waals surface area contributed by atoms with Crippen LogP contribution < -0.4 is 0 Å². The molecule has 0 aromatic heterocycles. The molecule has 28 heavy (non-hydrogen) atoms. The van der Waals surface area contributed by atoms with E-state index in [1.165, 1.54) is 17.7 Å². The van der Waals surface area contributed by atoms with Crippen LogP contribution in [0.25, 0.3) is 0 Å². The molecule has 8 heteroatoms. The van der Waals surface area contributed by atoms with Gasteiger partial charge >= 0.3 is 6.18 Å². The first-order valence-electron chi connectivity index (χ1n) is 10.2. The number of alkyl halides is 3. The largest absolute Gasteiger partial charge is 0.438 e. The monoisotopic (exact) mass is 427 g/mol. The van der Waals surface area contributed by atoms with E-state index in [0.717, 1.165) is 12.8 Å². The fourth-order valence-electron chi connectivity index (χ4n) is 2.04. The number of aliphatic hydroxyl groups is 1. The van der Waals surface area contributed by atoms with Crippen LogP contribution in [0.4, 0.5) is 13.2 Å². The van der Waals surface area contributed by atoms with Gasteiger partial charge in [-0.15, -0.1) is 0 Å². The van der Waals surface area contributed by atoms with E-state index in [-0.39, 0.29) is 10.8 Å². The number of thiocarbonyl (C=S) groups is 1. The molecule has 1 heterocycles. The van der Waals surface area contributed by atoms with Gasteiger partial charge in [-0.25, -0.2) is 0 Å². The number of hydrogen-bond acceptors (Lipinski definition) is 3. The Morgan fingerprint density at radius 2 is 1.61 bits per heavy atom. The summed E-state index contributed by atoms with van der Waals surface area (Å²) in [5.74, 6) is 0. The van der Waals surface area contributed by atoms with Gasteiger partial charge in [-0.2, -0.15) is 23.3 Å². The van der Waals surface area contributed by atoms with E-state index < -0.39 is 23.7 Å². The minimum Gasteiger partial charge on any atom is -0.362 e. The van der Waals surface area contributed by atoms with Gasteiger partial charge in [0.15, 0.2) is 5.11 Å². The second kappa shape index (κ2) is 12.6. The maximum absolute atomic E-state index is 13.4. The average Bonchev–Trinajstić information content (AvgIpc) is 3.00. The van der Waals surface area contributed by atoms with Gasteiger partial charge in [0, 0.05) is 31.1 Å². The number of hydrogen-bond donors (Lipinski definition) is 1. The molecular weight excluding hydrogens is 387 g/mol. The summed E-state index contributed by atoms with van der Waals surface area (Å²) in [4.78, 5) is 1.52. The lowest BCUT2D eigenvalue weighted by atomic mass is 9.86. The number of rotatable bonds is 4. The van der Waals surface area contributed by atoms with Crippen molar-refractivity contribution in [3.8, 4) is 0 Å². The van der Waals surface area contributed by atoms with Crippen LogP contribution in [0, 0.1) is 5.41 Å². The van der Waals surface area contributed by atoms with Gasteiger partial charge in [0.05, 0.1) is 0 Å². The first-order chi connectivity index (χ1) is 12.8. The van der Waals surface area contributed by atoms with Crippen LogP contribution in [0.15, 0.2) is 5.10 Å². The second-order valence-corrected chi connectivity index (χ2v) is 8.02. The van der Waals surface area contributed by atoms with Crippen molar-refractivity contribution in [2.45, 2.75) is 99.4 Å². The van der Waals surface area contributed by atoms with E-state index in [1.54, 1.807) is 27.8 Å². The Balaban J connectivity index is 0. The van der Waals surface area contributed by atoms with E-state index in [9.17, 15) is 18.3 Å². The lowest BCUT2D eigenvalue weighted by Crippen LogP contribution is -2.59. The fraction of sp³-hybridized carbons (Fsp3) is 0.900. The van der Waals surface area contributed by atoms with Crippen molar-refractivity contribution < 1.29 is 18.3 Å². The van der Waals surface area contributed by atoms with Gasteiger partial charge in [0.2, 0.25) is 0 Å². The van der Waals surface area contributed by atoms with Crippen LogP contribution in [0.5, 0.6) is 0 Å². The molecule has 1 aliphatic rings. The molecular formula is C20H40F3N3OS. The molecule has 0 aromatic carbocycles. The van der Waals surface area contributed by atoms with Crippen molar-refractivity contribution in [1.82, 2.24) is 9.91 Å². The molecule has 0 aliphatic carbocycles. The first kappa shape index (κ1) is 29.3. The summed E-state index contributed by atoms with van der Waals surface area (Å²) < 4.78 is 40.2. The van der Waals surface area contributed by atoms with Crippen molar-refractivity contribution in [1.29, 1.82) is 0 Å². The van der Waals surface area contributed by atoms with Crippen LogP contribution in [0.3, 0.4) is 0 Å². The van der Waals surface area contributed by atoms with Gasteiger partial charge in [0.1, 0.15) is 0 Å². The summed E-state index contributed by atoms with van der Waals surface area (Å²) in [5.41, 5.74) is -3.38. The van der Waals surface area contributed by atoms with Crippen LogP contribution in [-0.2, 0) is 0 Å². The van der Waals surface area contributed by atoms with Crippen LogP contribution >= 0.6 is 12.2 Å². The molecule has 0 bridgehead atoms. The van der Waals surface area contributed by atoms with Crippen LogP contribution in [-0.4, -0.2) is 51.3 Å². The summed E-state index contributed by atoms with van der Waals surface area (Å²) in [6, 6.07) is 0. The maximum atomic E-state index is 13.4. The quantitative estimate of drug-likeness (QED) is 0.543. The standard InChI is InChI=1S/C14H24F3N3OS.C4H10.C2H6/c1-6-7-8-19(5)11(22)20-13(21,14(15,16)17)9-10(18-20)12(2,3)4;1-3-4-2;1-2/h21H,6-9H2,1-5H3;3-4H2,1-2H3;1-2H3. The van der Waals surface area contributed by atoms with E-state index in [4.69, 9.17) is 12.2 Å². The Morgan fingerprint density at radius 1 is 1.14 bits per heavy atom. The summed E-state index contributed by atoms with van der Waals surface area (Å²) >= 11 is 5.13. The molecule has 0 spiro atoms. The zero-order chi connectivity index (χ0) is 22.8. The zero-order valence-corrected chi connectivity index (χ0v) is 19.9. The topological polar surface area (TPSA) is 39.1 Å². The van der Waals surface area contributed by atoms with Crippen molar-refractivity contribution in [2.24, 2.45) is 10.5 Å². The van der Waals surface area contributed by atoms with Crippen molar-refractivity contribution in [3.63, 3.8) is 0 Å². The minimum atomic E-state index is -4.85. The van der Waals surface area contributed by atoms with Gasteiger partial charge in [-0.3, -0.25) is 0 Å². The molecule has 0 aromatic rings. The zero-order valence-electron chi connectivity index (χ0n) is 19.1. The predicted molar refractivity (Wildman–Crippen MR) is 116 cm³/mol. The molecule has 0 saturated carbocycles. The Kier molecular flexibility index (Phi) is 13.2. The Hall–Kier alpha value is -0.890. The van der Waals surface area contributed by atoms with Gasteiger partial charge < -0.3 is 10.0 Å². The van der Waals surface area contributed by atoms with Crippen molar-refractivity contribution in [3.05, 3.63) is 0 Å². The number of unbranched alkanes of at least 4 members (excludes halogenated alkanes) is 2. The van der Waals surface area contributed by atoms with E-state index in [0.29, 0.717) is 11.6 Å². The predicted octanol–water partition coefficient (Wildman–Crippen LogP) is 6.19. The smallest absolute Gasteiger partial charge is 0.362 e. The molecule has 0 radical (unpaired) electrons. The summed E-state index contributed by atoms with van der Waals surface area (Å²) in [5, 5.41) is 14.7. The molecule has 1 unspecified atom stereocenters. The van der Waals surface area contributed by atoms with Gasteiger partial charge in [0.25, 0.3) is 5.72 Å².